The first-order chi connectivity index (χ1) is 12.0. The SMILES string of the molecule is COC(=C(OC)c1cc(OC)ccc1CS(=O)O)c1ccc(O)cc1. The average molecular weight is 364 g/mol. The van der Waals surface area contributed by atoms with Gasteiger partial charge in [-0.3, -0.25) is 0 Å². The second-order valence-electron chi connectivity index (χ2n) is 5.10. The first-order valence-electron chi connectivity index (χ1n) is 7.36. The fraction of sp³-hybridized carbons (Fsp3) is 0.222. The molecule has 0 bridgehead atoms. The first kappa shape index (κ1) is 18.8. The highest BCUT2D eigenvalue weighted by Crippen LogP contribution is 2.33. The Kier molecular flexibility index (Phi) is 6.44. The number of aromatic hydroxyl groups is 1. The molecule has 0 spiro atoms. The van der Waals surface area contributed by atoms with Crippen LogP contribution >= 0.6 is 0 Å². The summed E-state index contributed by atoms with van der Waals surface area (Å²) < 4.78 is 36.9. The predicted molar refractivity (Wildman–Crippen MR) is 96.4 cm³/mol. The van der Waals surface area contributed by atoms with Crippen LogP contribution in [0.1, 0.15) is 16.7 Å². The molecule has 6 nitrogen and oxygen atoms in total. The summed E-state index contributed by atoms with van der Waals surface area (Å²) >= 11 is -2.01. The number of hydrogen-bond donors (Lipinski definition) is 2. The summed E-state index contributed by atoms with van der Waals surface area (Å²) in [4.78, 5) is 0. The lowest BCUT2D eigenvalue weighted by atomic mass is 10.0. The smallest absolute Gasteiger partial charge is 0.168 e. The van der Waals surface area contributed by atoms with Crippen molar-refractivity contribution in [1.82, 2.24) is 0 Å². The number of rotatable bonds is 7. The molecule has 0 saturated heterocycles. The van der Waals surface area contributed by atoms with Gasteiger partial charge in [0.2, 0.25) is 0 Å². The summed E-state index contributed by atoms with van der Waals surface area (Å²) in [5, 5.41) is 9.47. The zero-order chi connectivity index (χ0) is 18.4. The van der Waals surface area contributed by atoms with Crippen molar-refractivity contribution in [2.45, 2.75) is 5.75 Å². The summed E-state index contributed by atoms with van der Waals surface area (Å²) in [6, 6.07) is 11.6. The Bertz CT molecular complexity index is 783. The van der Waals surface area contributed by atoms with Gasteiger partial charge in [-0.25, -0.2) is 4.21 Å². The third-order valence-electron chi connectivity index (χ3n) is 3.58. The molecule has 2 N–H and O–H groups in total. The molecule has 0 fully saturated rings. The summed E-state index contributed by atoms with van der Waals surface area (Å²) in [6.45, 7) is 0. The maximum Gasteiger partial charge on any atom is 0.168 e. The Morgan fingerprint density at radius 2 is 1.64 bits per heavy atom. The van der Waals surface area contributed by atoms with Crippen molar-refractivity contribution in [3.05, 3.63) is 59.2 Å². The third kappa shape index (κ3) is 4.52. The number of ether oxygens (including phenoxy) is 3. The van der Waals surface area contributed by atoms with Crippen LogP contribution in [0.25, 0.3) is 11.5 Å². The highest BCUT2D eigenvalue weighted by molar-refractivity contribution is 7.78. The van der Waals surface area contributed by atoms with E-state index >= 15 is 0 Å². The Morgan fingerprint density at radius 3 is 2.16 bits per heavy atom. The van der Waals surface area contributed by atoms with Crippen LogP contribution in [0.15, 0.2) is 42.5 Å². The number of phenolic OH excluding ortho intramolecular Hbond substituents is 1. The van der Waals surface area contributed by atoms with E-state index in [-0.39, 0.29) is 11.5 Å². The molecule has 0 amide bonds. The second kappa shape index (κ2) is 8.55. The fourth-order valence-corrected chi connectivity index (χ4v) is 2.95. The monoisotopic (exact) mass is 364 g/mol. The molecule has 2 aromatic carbocycles. The van der Waals surface area contributed by atoms with Gasteiger partial charge in [-0.05, 0) is 42.0 Å². The zero-order valence-electron chi connectivity index (χ0n) is 14.2. The van der Waals surface area contributed by atoms with Crippen LogP contribution in [-0.2, 0) is 26.3 Å². The van der Waals surface area contributed by atoms with Crippen LogP contribution in [0.4, 0.5) is 0 Å². The quantitative estimate of drug-likeness (QED) is 0.446. The maximum atomic E-state index is 11.3. The average Bonchev–Trinajstić information content (AvgIpc) is 2.61. The summed E-state index contributed by atoms with van der Waals surface area (Å²) in [6.07, 6.45) is 0. The highest BCUT2D eigenvalue weighted by Gasteiger charge is 2.18. The van der Waals surface area contributed by atoms with Crippen molar-refractivity contribution in [2.24, 2.45) is 0 Å². The molecule has 2 aromatic rings. The van der Waals surface area contributed by atoms with E-state index in [0.717, 1.165) is 0 Å². The molecule has 1 atom stereocenters. The van der Waals surface area contributed by atoms with E-state index in [1.165, 1.54) is 33.5 Å². The molecule has 0 heterocycles. The van der Waals surface area contributed by atoms with Gasteiger partial charge in [0.05, 0.1) is 27.1 Å². The lowest BCUT2D eigenvalue weighted by Crippen LogP contribution is -2.03. The van der Waals surface area contributed by atoms with Crippen LogP contribution in [0.2, 0.25) is 0 Å². The summed E-state index contributed by atoms with van der Waals surface area (Å²) in [5.74, 6) is 1.49. The third-order valence-corrected chi connectivity index (χ3v) is 4.14. The van der Waals surface area contributed by atoms with Gasteiger partial charge >= 0.3 is 0 Å². The molecule has 0 aliphatic heterocycles. The highest BCUT2D eigenvalue weighted by atomic mass is 32.2. The van der Waals surface area contributed by atoms with Crippen molar-refractivity contribution in [3.8, 4) is 11.5 Å². The van der Waals surface area contributed by atoms with E-state index in [4.69, 9.17) is 14.2 Å². The van der Waals surface area contributed by atoms with E-state index in [0.29, 0.717) is 34.0 Å². The molecular weight excluding hydrogens is 344 g/mol. The van der Waals surface area contributed by atoms with Crippen LogP contribution < -0.4 is 4.74 Å². The Balaban J connectivity index is 2.67. The van der Waals surface area contributed by atoms with Gasteiger partial charge in [-0.1, -0.05) is 6.07 Å². The van der Waals surface area contributed by atoms with Gasteiger partial charge in [0.25, 0.3) is 0 Å². The molecule has 2 rings (SSSR count). The fourth-order valence-electron chi connectivity index (χ4n) is 2.43. The Labute approximate surface area is 149 Å². The number of methoxy groups -OCH3 is 3. The minimum absolute atomic E-state index is 0.0568. The minimum Gasteiger partial charge on any atom is -0.508 e. The van der Waals surface area contributed by atoms with Gasteiger partial charge in [-0.2, -0.15) is 0 Å². The van der Waals surface area contributed by atoms with Crippen LogP contribution in [0, 0.1) is 0 Å². The zero-order valence-corrected chi connectivity index (χ0v) is 15.0. The van der Waals surface area contributed by atoms with Crippen LogP contribution in [0.5, 0.6) is 11.5 Å². The molecule has 0 saturated carbocycles. The van der Waals surface area contributed by atoms with E-state index < -0.39 is 11.1 Å². The molecular formula is C18H20O6S. The molecule has 1 unspecified atom stereocenters. The number of hydrogen-bond acceptors (Lipinski definition) is 5. The lowest BCUT2D eigenvalue weighted by Gasteiger charge is -2.17. The maximum absolute atomic E-state index is 11.3. The van der Waals surface area contributed by atoms with Gasteiger partial charge in [-0.15, -0.1) is 0 Å². The number of benzene rings is 2. The molecule has 7 heteroatoms. The minimum atomic E-state index is -2.01. The molecule has 0 aliphatic rings. The molecule has 134 valence electrons. The standard InChI is InChI=1S/C18H20O6S/c1-22-15-9-6-13(11-25(20)21)16(10-15)18(24-3)17(23-2)12-4-7-14(19)8-5-12/h4-10,19H,11H2,1-3H3,(H,20,21). The molecule has 25 heavy (non-hydrogen) atoms. The van der Waals surface area contributed by atoms with Gasteiger partial charge in [0.15, 0.2) is 22.6 Å². The van der Waals surface area contributed by atoms with E-state index in [2.05, 4.69) is 0 Å². The Morgan fingerprint density at radius 1 is 1.00 bits per heavy atom. The molecule has 0 aliphatic carbocycles. The second-order valence-corrected chi connectivity index (χ2v) is 6.03. The van der Waals surface area contributed by atoms with Crippen molar-refractivity contribution in [2.75, 3.05) is 21.3 Å². The summed E-state index contributed by atoms with van der Waals surface area (Å²) in [5.41, 5.74) is 1.90. The van der Waals surface area contributed by atoms with Gasteiger partial charge < -0.3 is 23.9 Å². The predicted octanol–water partition coefficient (Wildman–Crippen LogP) is 3.24. The molecule has 0 aromatic heterocycles. The van der Waals surface area contributed by atoms with E-state index in [9.17, 15) is 13.9 Å². The van der Waals surface area contributed by atoms with Crippen molar-refractivity contribution < 1.29 is 28.1 Å². The van der Waals surface area contributed by atoms with Crippen molar-refractivity contribution >= 4 is 22.6 Å². The first-order valence-corrected chi connectivity index (χ1v) is 8.64. The van der Waals surface area contributed by atoms with Crippen molar-refractivity contribution in [1.29, 1.82) is 0 Å². The van der Waals surface area contributed by atoms with Crippen molar-refractivity contribution in [3.63, 3.8) is 0 Å². The summed E-state index contributed by atoms with van der Waals surface area (Å²) in [7, 11) is 4.54. The van der Waals surface area contributed by atoms with Gasteiger partial charge in [0.1, 0.15) is 11.5 Å². The lowest BCUT2D eigenvalue weighted by molar-refractivity contribution is 0.328. The molecule has 0 radical (unpaired) electrons. The Hall–Kier alpha value is -2.51. The topological polar surface area (TPSA) is 85.2 Å². The largest absolute Gasteiger partial charge is 0.508 e. The number of phenols is 1. The van der Waals surface area contributed by atoms with Gasteiger partial charge in [0, 0.05) is 11.1 Å². The van der Waals surface area contributed by atoms with E-state index in [1.54, 1.807) is 30.3 Å². The van der Waals surface area contributed by atoms with E-state index in [1.807, 2.05) is 0 Å². The van der Waals surface area contributed by atoms with Crippen LogP contribution in [0.3, 0.4) is 0 Å². The normalized spacial score (nSPS) is 13.0. The van der Waals surface area contributed by atoms with Crippen LogP contribution in [-0.4, -0.2) is 35.2 Å².